The number of hydrogen-bond donors (Lipinski definition) is 2. The third-order valence-electron chi connectivity index (χ3n) is 2.57. The Morgan fingerprint density at radius 2 is 2.11 bits per heavy atom. The van der Waals surface area contributed by atoms with E-state index in [-0.39, 0.29) is 11.4 Å². The fraction of sp³-hybridized carbons (Fsp3) is 0. The lowest BCUT2D eigenvalue weighted by Crippen LogP contribution is -2.02. The van der Waals surface area contributed by atoms with Crippen LogP contribution in [0.15, 0.2) is 39.7 Å². The molecular weight excluding hydrogens is 301 g/mol. The molecule has 90 valence electrons. The molecule has 2 heterocycles. The van der Waals surface area contributed by atoms with Gasteiger partial charge in [0.05, 0.1) is 15.5 Å². The lowest BCUT2D eigenvalue weighted by Gasteiger charge is -1.93. The van der Waals surface area contributed by atoms with Gasteiger partial charge in [-0.25, -0.2) is 9.37 Å². The average molecular weight is 308 g/mol. The first kappa shape index (κ1) is 11.2. The summed E-state index contributed by atoms with van der Waals surface area (Å²) in [5, 5.41) is 0. The van der Waals surface area contributed by atoms with Crippen molar-refractivity contribution in [2.24, 2.45) is 0 Å². The zero-order chi connectivity index (χ0) is 12.7. The zero-order valence-corrected chi connectivity index (χ0v) is 10.6. The molecule has 0 spiro atoms. The number of nitrogens with zero attached hydrogens (tertiary/aromatic N) is 1. The van der Waals surface area contributed by atoms with Gasteiger partial charge in [-0.15, -0.1) is 0 Å². The molecule has 0 unspecified atom stereocenters. The number of nitrogens with one attached hydrogen (secondary N) is 2. The minimum atomic E-state index is -0.358. The van der Waals surface area contributed by atoms with Crippen molar-refractivity contribution in [3.63, 3.8) is 0 Å². The fourth-order valence-corrected chi connectivity index (χ4v) is 2.06. The maximum atomic E-state index is 13.4. The van der Waals surface area contributed by atoms with Gasteiger partial charge in [-0.1, -0.05) is 0 Å². The number of hydrogen-bond acceptors (Lipinski definition) is 2. The molecule has 0 aliphatic heterocycles. The molecule has 0 atom stereocenters. The Bertz CT molecular complexity index is 754. The first-order chi connectivity index (χ1) is 8.63. The molecule has 0 aliphatic carbocycles. The van der Waals surface area contributed by atoms with E-state index >= 15 is 0 Å². The van der Waals surface area contributed by atoms with Crippen molar-refractivity contribution < 1.29 is 4.39 Å². The molecule has 2 N–H and O–H groups in total. The van der Waals surface area contributed by atoms with Gasteiger partial charge in [0, 0.05) is 23.9 Å². The van der Waals surface area contributed by atoms with Crippen LogP contribution in [0.3, 0.4) is 0 Å². The number of imidazole rings is 1. The highest BCUT2D eigenvalue weighted by molar-refractivity contribution is 9.10. The first-order valence-corrected chi connectivity index (χ1v) is 5.97. The first-order valence-electron chi connectivity index (χ1n) is 5.17. The average Bonchev–Trinajstić information content (AvgIpc) is 2.73. The van der Waals surface area contributed by atoms with Crippen molar-refractivity contribution in [3.8, 4) is 11.4 Å². The highest BCUT2D eigenvalue weighted by Gasteiger charge is 2.08. The molecule has 6 heteroatoms. The van der Waals surface area contributed by atoms with Crippen LogP contribution in [0, 0.1) is 5.82 Å². The van der Waals surface area contributed by atoms with E-state index in [1.54, 1.807) is 18.3 Å². The Kier molecular flexibility index (Phi) is 2.52. The predicted molar refractivity (Wildman–Crippen MR) is 69.8 cm³/mol. The van der Waals surface area contributed by atoms with Gasteiger partial charge in [-0.2, -0.15) is 0 Å². The van der Waals surface area contributed by atoms with Gasteiger partial charge >= 0.3 is 0 Å². The fourth-order valence-electron chi connectivity index (χ4n) is 1.73. The Labute approximate surface area is 109 Å². The minimum absolute atomic E-state index is 0.208. The summed E-state index contributed by atoms with van der Waals surface area (Å²) in [7, 11) is 0. The van der Waals surface area contributed by atoms with Crippen molar-refractivity contribution in [2.75, 3.05) is 0 Å². The summed E-state index contributed by atoms with van der Waals surface area (Å²) in [6.07, 6.45) is 1.54. The number of halogens is 2. The van der Waals surface area contributed by atoms with E-state index in [1.807, 2.05) is 0 Å². The minimum Gasteiger partial charge on any atom is -0.338 e. The van der Waals surface area contributed by atoms with Crippen LogP contribution >= 0.6 is 15.9 Å². The summed E-state index contributed by atoms with van der Waals surface area (Å²) in [5.74, 6) is 0.178. The Hall–Kier alpha value is -1.95. The van der Waals surface area contributed by atoms with Crippen molar-refractivity contribution in [1.29, 1.82) is 0 Å². The largest absolute Gasteiger partial charge is 0.338 e. The molecule has 2 aromatic heterocycles. The van der Waals surface area contributed by atoms with Crippen molar-refractivity contribution in [3.05, 3.63) is 51.1 Å². The maximum Gasteiger partial charge on any atom is 0.248 e. The Morgan fingerprint density at radius 1 is 1.28 bits per heavy atom. The second-order valence-electron chi connectivity index (χ2n) is 3.81. The van der Waals surface area contributed by atoms with Crippen LogP contribution < -0.4 is 5.56 Å². The number of pyridine rings is 1. The summed E-state index contributed by atoms with van der Waals surface area (Å²) in [6, 6.07) is 6.12. The molecule has 0 aliphatic rings. The molecule has 0 bridgehead atoms. The summed E-state index contributed by atoms with van der Waals surface area (Å²) < 4.78 is 13.7. The number of benzene rings is 1. The van der Waals surface area contributed by atoms with Gasteiger partial charge in [-0.3, -0.25) is 4.79 Å². The lowest BCUT2D eigenvalue weighted by atomic mass is 10.2. The number of H-pyrrole nitrogens is 2. The zero-order valence-electron chi connectivity index (χ0n) is 9.00. The molecule has 0 saturated carbocycles. The van der Waals surface area contributed by atoms with Crippen molar-refractivity contribution >= 4 is 27.0 Å². The third kappa shape index (κ3) is 1.84. The third-order valence-corrected chi connectivity index (χ3v) is 3.18. The van der Waals surface area contributed by atoms with E-state index in [9.17, 15) is 9.18 Å². The molecule has 1 aromatic carbocycles. The van der Waals surface area contributed by atoms with Gasteiger partial charge in [0.25, 0.3) is 0 Å². The molecule has 0 amide bonds. The topological polar surface area (TPSA) is 61.5 Å². The number of fused-ring (bicyclic) bond motifs is 1. The van der Waals surface area contributed by atoms with Crippen LogP contribution in [-0.4, -0.2) is 15.0 Å². The van der Waals surface area contributed by atoms with Gasteiger partial charge in [0.1, 0.15) is 11.6 Å². The molecule has 3 rings (SSSR count). The summed E-state index contributed by atoms with van der Waals surface area (Å²) in [5.41, 5.74) is 1.68. The summed E-state index contributed by atoms with van der Waals surface area (Å²) in [6.45, 7) is 0. The van der Waals surface area contributed by atoms with Crippen molar-refractivity contribution in [2.45, 2.75) is 0 Å². The normalized spacial score (nSPS) is 11.0. The van der Waals surface area contributed by atoms with Gasteiger partial charge in [0.15, 0.2) is 0 Å². The number of aromatic amines is 2. The van der Waals surface area contributed by atoms with Crippen LogP contribution in [-0.2, 0) is 0 Å². The number of rotatable bonds is 1. The van der Waals surface area contributed by atoms with Gasteiger partial charge in [-0.05, 0) is 28.1 Å². The predicted octanol–water partition coefficient (Wildman–Crippen LogP) is 2.82. The standard InChI is InChI=1S/C12H7BrFN3O/c13-7-4-9-10(5-8(7)14)17-12(16-9)6-1-2-15-11(18)3-6/h1-5H,(H,15,18)(H,16,17). The summed E-state index contributed by atoms with van der Waals surface area (Å²) in [4.78, 5) is 21.1. The number of aromatic nitrogens is 3. The van der Waals surface area contributed by atoms with E-state index in [1.165, 1.54) is 12.1 Å². The molecule has 0 fully saturated rings. The van der Waals surface area contributed by atoms with Crippen LogP contribution in [0.2, 0.25) is 0 Å². The van der Waals surface area contributed by atoms with E-state index < -0.39 is 0 Å². The van der Waals surface area contributed by atoms with Crippen molar-refractivity contribution in [1.82, 2.24) is 15.0 Å². The van der Waals surface area contributed by atoms with E-state index in [0.717, 1.165) is 0 Å². The smallest absolute Gasteiger partial charge is 0.248 e. The Morgan fingerprint density at radius 3 is 2.89 bits per heavy atom. The molecule has 18 heavy (non-hydrogen) atoms. The lowest BCUT2D eigenvalue weighted by molar-refractivity contribution is 0.623. The molecule has 3 aromatic rings. The van der Waals surface area contributed by atoms with Gasteiger partial charge in [0.2, 0.25) is 5.56 Å². The van der Waals surface area contributed by atoms with Crippen LogP contribution in [0.25, 0.3) is 22.4 Å². The SMILES string of the molecule is O=c1cc(-c2nc3cc(Br)c(F)cc3[nH]2)cc[nH]1. The van der Waals surface area contributed by atoms with Gasteiger partial charge < -0.3 is 9.97 Å². The van der Waals surface area contributed by atoms with E-state index in [4.69, 9.17) is 0 Å². The highest BCUT2D eigenvalue weighted by Crippen LogP contribution is 2.24. The van der Waals surface area contributed by atoms with E-state index in [2.05, 4.69) is 30.9 Å². The highest BCUT2D eigenvalue weighted by atomic mass is 79.9. The monoisotopic (exact) mass is 307 g/mol. The van der Waals surface area contributed by atoms with E-state index in [0.29, 0.717) is 26.9 Å². The molecule has 4 nitrogen and oxygen atoms in total. The second kappa shape index (κ2) is 4.06. The quantitative estimate of drug-likeness (QED) is 0.726. The van der Waals surface area contributed by atoms with Crippen LogP contribution in [0.5, 0.6) is 0 Å². The van der Waals surface area contributed by atoms with Crippen LogP contribution in [0.4, 0.5) is 4.39 Å². The molecule has 0 saturated heterocycles. The molecule has 0 radical (unpaired) electrons. The Balaban J connectivity index is 2.22. The summed E-state index contributed by atoms with van der Waals surface area (Å²) >= 11 is 3.11. The van der Waals surface area contributed by atoms with Crippen LogP contribution in [0.1, 0.15) is 0 Å². The maximum absolute atomic E-state index is 13.4. The second-order valence-corrected chi connectivity index (χ2v) is 4.66. The molecular formula is C12H7BrFN3O.